The van der Waals surface area contributed by atoms with Gasteiger partial charge in [0.25, 0.3) is 5.91 Å². The van der Waals surface area contributed by atoms with E-state index in [0.29, 0.717) is 0 Å². The van der Waals surface area contributed by atoms with Crippen molar-refractivity contribution in [2.75, 3.05) is 7.05 Å². The Balaban J connectivity index is 2.13. The maximum absolute atomic E-state index is 13.5. The number of nitrogens with zero attached hydrogens (tertiary/aromatic N) is 3. The van der Waals surface area contributed by atoms with E-state index in [1.807, 2.05) is 0 Å². The standard InChI is InChI=1S/C13H10ClF2N3O/c1-19(7-8-2-3-9(15)6-10(8)16)13(20)11-4-5-12(14)18-17-11/h2-6H,7H2,1H3. The number of amides is 1. The van der Waals surface area contributed by atoms with E-state index in [1.165, 1.54) is 30.1 Å². The molecule has 7 heteroatoms. The summed E-state index contributed by atoms with van der Waals surface area (Å²) in [5.41, 5.74) is 0.309. The molecule has 1 amide bonds. The number of halogens is 3. The number of rotatable bonds is 3. The maximum atomic E-state index is 13.5. The normalized spacial score (nSPS) is 10.4. The minimum atomic E-state index is -0.702. The molecule has 0 spiro atoms. The number of carbonyl (C=O) groups excluding carboxylic acids is 1. The highest BCUT2D eigenvalue weighted by Gasteiger charge is 2.15. The van der Waals surface area contributed by atoms with Gasteiger partial charge in [-0.05, 0) is 18.2 Å². The molecule has 0 aliphatic rings. The van der Waals surface area contributed by atoms with Gasteiger partial charge in [0.05, 0.1) is 0 Å². The lowest BCUT2D eigenvalue weighted by atomic mass is 10.2. The summed E-state index contributed by atoms with van der Waals surface area (Å²) in [4.78, 5) is 13.3. The van der Waals surface area contributed by atoms with Crippen molar-refractivity contribution in [2.24, 2.45) is 0 Å². The second-order valence-corrected chi connectivity index (χ2v) is 4.53. The molecule has 0 unspecified atom stereocenters. The third-order valence-corrected chi connectivity index (χ3v) is 2.82. The number of benzene rings is 1. The number of carbonyl (C=O) groups is 1. The first kappa shape index (κ1) is 14.3. The first-order valence-corrected chi connectivity index (χ1v) is 6.04. The average molecular weight is 298 g/mol. The molecule has 20 heavy (non-hydrogen) atoms. The SMILES string of the molecule is CN(Cc1ccc(F)cc1F)C(=O)c1ccc(Cl)nn1. The molecule has 0 N–H and O–H groups in total. The van der Waals surface area contributed by atoms with Gasteiger partial charge in [-0.1, -0.05) is 17.7 Å². The Hall–Kier alpha value is -2.08. The smallest absolute Gasteiger partial charge is 0.274 e. The summed E-state index contributed by atoms with van der Waals surface area (Å²) in [6.45, 7) is -0.00471. The topological polar surface area (TPSA) is 46.1 Å². The highest BCUT2D eigenvalue weighted by molar-refractivity contribution is 6.29. The zero-order valence-corrected chi connectivity index (χ0v) is 11.2. The quantitative estimate of drug-likeness (QED) is 0.875. The van der Waals surface area contributed by atoms with Crippen LogP contribution < -0.4 is 0 Å². The van der Waals surface area contributed by atoms with Crippen LogP contribution in [0.25, 0.3) is 0 Å². The zero-order chi connectivity index (χ0) is 14.7. The van der Waals surface area contributed by atoms with Crippen LogP contribution >= 0.6 is 11.6 Å². The summed E-state index contributed by atoms with van der Waals surface area (Å²) in [7, 11) is 1.49. The van der Waals surface area contributed by atoms with Crippen LogP contribution in [0.4, 0.5) is 8.78 Å². The zero-order valence-electron chi connectivity index (χ0n) is 10.5. The van der Waals surface area contributed by atoms with E-state index in [-0.39, 0.29) is 23.0 Å². The fraction of sp³-hybridized carbons (Fsp3) is 0.154. The van der Waals surface area contributed by atoms with Crippen LogP contribution in [0.5, 0.6) is 0 Å². The summed E-state index contributed by atoms with van der Waals surface area (Å²) < 4.78 is 26.3. The fourth-order valence-electron chi connectivity index (χ4n) is 1.60. The van der Waals surface area contributed by atoms with E-state index in [0.717, 1.165) is 12.1 Å². The van der Waals surface area contributed by atoms with E-state index in [9.17, 15) is 13.6 Å². The Morgan fingerprint density at radius 3 is 2.60 bits per heavy atom. The van der Waals surface area contributed by atoms with Crippen LogP contribution in [0.15, 0.2) is 30.3 Å². The molecule has 4 nitrogen and oxygen atoms in total. The van der Waals surface area contributed by atoms with Crippen molar-refractivity contribution in [3.63, 3.8) is 0 Å². The molecule has 1 aromatic carbocycles. The summed E-state index contributed by atoms with van der Waals surface area (Å²) >= 11 is 5.58. The monoisotopic (exact) mass is 297 g/mol. The second kappa shape index (κ2) is 5.92. The summed E-state index contributed by atoms with van der Waals surface area (Å²) in [6, 6.07) is 6.07. The van der Waals surface area contributed by atoms with Crippen molar-refractivity contribution in [3.8, 4) is 0 Å². The predicted octanol–water partition coefficient (Wildman–Crippen LogP) is 2.68. The lowest BCUT2D eigenvalue weighted by Gasteiger charge is -2.16. The molecule has 0 aliphatic heterocycles. The molecule has 104 valence electrons. The molecule has 0 fully saturated rings. The number of hydrogen-bond acceptors (Lipinski definition) is 3. The van der Waals surface area contributed by atoms with Gasteiger partial charge in [-0.2, -0.15) is 0 Å². The van der Waals surface area contributed by atoms with E-state index in [4.69, 9.17) is 11.6 Å². The van der Waals surface area contributed by atoms with Crippen LogP contribution in [0.2, 0.25) is 5.15 Å². The third-order valence-electron chi connectivity index (χ3n) is 2.62. The lowest BCUT2D eigenvalue weighted by Crippen LogP contribution is -2.27. The Bertz CT molecular complexity index is 634. The number of hydrogen-bond donors (Lipinski definition) is 0. The predicted molar refractivity (Wildman–Crippen MR) is 69.2 cm³/mol. The summed E-state index contributed by atoms with van der Waals surface area (Å²) in [6.07, 6.45) is 0. The molecule has 1 heterocycles. The van der Waals surface area contributed by atoms with Crippen LogP contribution in [0.1, 0.15) is 16.1 Å². The highest BCUT2D eigenvalue weighted by Crippen LogP contribution is 2.13. The maximum Gasteiger partial charge on any atom is 0.274 e. The van der Waals surface area contributed by atoms with Crippen molar-refractivity contribution in [2.45, 2.75) is 6.54 Å². The first-order chi connectivity index (χ1) is 9.47. The molecule has 0 atom stereocenters. The third kappa shape index (κ3) is 3.27. The van der Waals surface area contributed by atoms with E-state index < -0.39 is 17.5 Å². The largest absolute Gasteiger partial charge is 0.336 e. The number of aromatic nitrogens is 2. The van der Waals surface area contributed by atoms with Gasteiger partial charge in [-0.3, -0.25) is 4.79 Å². The minimum absolute atomic E-state index is 0.00471. The molecule has 0 bridgehead atoms. The lowest BCUT2D eigenvalue weighted by molar-refractivity contribution is 0.0777. The van der Waals surface area contributed by atoms with Gasteiger partial charge in [0.1, 0.15) is 11.6 Å². The molecule has 0 radical (unpaired) electrons. The van der Waals surface area contributed by atoms with Gasteiger partial charge in [-0.15, -0.1) is 10.2 Å². The average Bonchev–Trinajstić information content (AvgIpc) is 2.42. The second-order valence-electron chi connectivity index (χ2n) is 4.14. The molecule has 0 aliphatic carbocycles. The summed E-state index contributed by atoms with van der Waals surface area (Å²) in [5, 5.41) is 7.39. The molecular formula is C13H10ClF2N3O. The highest BCUT2D eigenvalue weighted by atomic mass is 35.5. The molecular weight excluding hydrogens is 288 g/mol. The van der Waals surface area contributed by atoms with Crippen LogP contribution in [0, 0.1) is 11.6 Å². The van der Waals surface area contributed by atoms with Crippen molar-refractivity contribution >= 4 is 17.5 Å². The van der Waals surface area contributed by atoms with Gasteiger partial charge in [-0.25, -0.2) is 8.78 Å². The molecule has 2 aromatic rings. The minimum Gasteiger partial charge on any atom is -0.336 e. The first-order valence-electron chi connectivity index (χ1n) is 5.66. The van der Waals surface area contributed by atoms with Crippen molar-refractivity contribution in [1.29, 1.82) is 0 Å². The molecule has 1 aromatic heterocycles. The Morgan fingerprint density at radius 2 is 2.00 bits per heavy atom. The van der Waals surface area contributed by atoms with Gasteiger partial charge in [0, 0.05) is 25.2 Å². The van der Waals surface area contributed by atoms with Crippen molar-refractivity contribution < 1.29 is 13.6 Å². The van der Waals surface area contributed by atoms with E-state index >= 15 is 0 Å². The van der Waals surface area contributed by atoms with Gasteiger partial charge in [0.2, 0.25) is 0 Å². The van der Waals surface area contributed by atoms with Gasteiger partial charge >= 0.3 is 0 Å². The van der Waals surface area contributed by atoms with Crippen molar-refractivity contribution in [3.05, 3.63) is 58.4 Å². The Labute approximate surface area is 119 Å². The Kier molecular flexibility index (Phi) is 4.24. The molecule has 0 saturated carbocycles. The molecule has 2 rings (SSSR count). The summed E-state index contributed by atoms with van der Waals surface area (Å²) in [5.74, 6) is -1.80. The van der Waals surface area contributed by atoms with Crippen LogP contribution in [-0.2, 0) is 6.54 Å². The fourth-order valence-corrected chi connectivity index (χ4v) is 1.70. The van der Waals surface area contributed by atoms with Crippen LogP contribution in [0.3, 0.4) is 0 Å². The van der Waals surface area contributed by atoms with Gasteiger partial charge < -0.3 is 4.90 Å². The Morgan fingerprint density at radius 1 is 1.25 bits per heavy atom. The molecule has 0 saturated heterocycles. The van der Waals surface area contributed by atoms with E-state index in [2.05, 4.69) is 10.2 Å². The van der Waals surface area contributed by atoms with Crippen molar-refractivity contribution in [1.82, 2.24) is 15.1 Å². The van der Waals surface area contributed by atoms with E-state index in [1.54, 1.807) is 0 Å². The van der Waals surface area contributed by atoms with Crippen LogP contribution in [-0.4, -0.2) is 28.1 Å². The van der Waals surface area contributed by atoms with Gasteiger partial charge in [0.15, 0.2) is 10.8 Å².